The second kappa shape index (κ2) is 9.84. The maximum atomic E-state index is 12.4. The fraction of sp³-hybridized carbons (Fsp3) is 0.231. The molecule has 0 unspecified atom stereocenters. The molecule has 4 rings (SSSR count). The normalized spacial score (nSPS) is 12.6. The SMILES string of the molecule is CCN(CC)c1ccc(/C=N\NC(=O)CSC2c3ccccc3-c3ccccc32)cc1. The van der Waals surface area contributed by atoms with Gasteiger partial charge in [-0.2, -0.15) is 5.10 Å². The van der Waals surface area contributed by atoms with Crippen molar-refractivity contribution in [2.45, 2.75) is 19.1 Å². The minimum Gasteiger partial charge on any atom is -0.372 e. The summed E-state index contributed by atoms with van der Waals surface area (Å²) in [5.74, 6) is 0.258. The quantitative estimate of drug-likeness (QED) is 0.381. The summed E-state index contributed by atoms with van der Waals surface area (Å²) in [6, 6.07) is 25.1. The number of thioether (sulfide) groups is 1. The van der Waals surface area contributed by atoms with E-state index in [1.165, 1.54) is 27.9 Å². The fourth-order valence-electron chi connectivity index (χ4n) is 4.02. The Labute approximate surface area is 188 Å². The Morgan fingerprint density at radius 2 is 1.52 bits per heavy atom. The molecule has 1 aliphatic carbocycles. The zero-order valence-electron chi connectivity index (χ0n) is 17.9. The first-order valence-electron chi connectivity index (χ1n) is 10.7. The lowest BCUT2D eigenvalue weighted by Gasteiger charge is -2.20. The van der Waals surface area contributed by atoms with Crippen molar-refractivity contribution in [1.29, 1.82) is 0 Å². The number of amides is 1. The topological polar surface area (TPSA) is 44.7 Å². The molecule has 5 heteroatoms. The molecular formula is C26H27N3OS. The van der Waals surface area contributed by atoms with Crippen LogP contribution >= 0.6 is 11.8 Å². The van der Waals surface area contributed by atoms with Crippen LogP contribution in [-0.2, 0) is 4.79 Å². The molecule has 0 saturated heterocycles. The number of anilines is 1. The Hall–Kier alpha value is -3.05. The molecule has 0 atom stereocenters. The van der Waals surface area contributed by atoms with Gasteiger partial charge in [0.25, 0.3) is 0 Å². The van der Waals surface area contributed by atoms with Gasteiger partial charge in [0.15, 0.2) is 0 Å². The largest absolute Gasteiger partial charge is 0.372 e. The fourth-order valence-corrected chi connectivity index (χ4v) is 5.17. The molecule has 0 heterocycles. The smallest absolute Gasteiger partial charge is 0.250 e. The van der Waals surface area contributed by atoms with Crippen molar-refractivity contribution in [3.05, 3.63) is 89.5 Å². The van der Waals surface area contributed by atoms with E-state index in [0.717, 1.165) is 18.7 Å². The summed E-state index contributed by atoms with van der Waals surface area (Å²) in [6.45, 7) is 6.26. The van der Waals surface area contributed by atoms with Gasteiger partial charge in [0.2, 0.25) is 5.91 Å². The predicted molar refractivity (Wildman–Crippen MR) is 132 cm³/mol. The van der Waals surface area contributed by atoms with Crippen LogP contribution in [0, 0.1) is 0 Å². The molecular weight excluding hydrogens is 402 g/mol. The number of nitrogens with one attached hydrogen (secondary N) is 1. The summed E-state index contributed by atoms with van der Waals surface area (Å²) in [6.07, 6.45) is 1.69. The maximum Gasteiger partial charge on any atom is 0.250 e. The molecule has 31 heavy (non-hydrogen) atoms. The molecule has 3 aromatic rings. The highest BCUT2D eigenvalue weighted by Crippen LogP contribution is 2.49. The Kier molecular flexibility index (Phi) is 6.73. The first-order valence-corrected chi connectivity index (χ1v) is 11.7. The van der Waals surface area contributed by atoms with Crippen molar-refractivity contribution < 1.29 is 4.79 Å². The van der Waals surface area contributed by atoms with E-state index in [1.807, 2.05) is 12.1 Å². The van der Waals surface area contributed by atoms with E-state index in [-0.39, 0.29) is 11.2 Å². The molecule has 0 aromatic heterocycles. The Morgan fingerprint density at radius 1 is 0.935 bits per heavy atom. The highest BCUT2D eigenvalue weighted by molar-refractivity contribution is 8.00. The summed E-state index contributed by atoms with van der Waals surface area (Å²) in [7, 11) is 0. The number of carbonyl (C=O) groups excluding carboxylic acids is 1. The van der Waals surface area contributed by atoms with E-state index in [2.05, 4.69) is 89.9 Å². The zero-order chi connectivity index (χ0) is 21.6. The minimum atomic E-state index is -0.0946. The number of hydrogen-bond acceptors (Lipinski definition) is 4. The number of fused-ring (bicyclic) bond motifs is 3. The standard InChI is InChI=1S/C26H27N3OS/c1-3-29(4-2)20-15-13-19(14-16-20)17-27-28-25(30)18-31-26-23-11-7-5-9-21(23)22-10-6-8-12-24(22)26/h5-17,26H,3-4,18H2,1-2H3,(H,28,30)/b27-17-. The number of hydrogen-bond donors (Lipinski definition) is 1. The molecule has 4 nitrogen and oxygen atoms in total. The molecule has 1 N–H and O–H groups in total. The summed E-state index contributed by atoms with van der Waals surface area (Å²) in [5.41, 5.74) is 9.90. The van der Waals surface area contributed by atoms with Gasteiger partial charge < -0.3 is 4.90 Å². The number of rotatable bonds is 8. The third-order valence-electron chi connectivity index (χ3n) is 5.58. The molecule has 0 spiro atoms. The van der Waals surface area contributed by atoms with Gasteiger partial charge in [0.1, 0.15) is 0 Å². The molecule has 0 radical (unpaired) electrons. The lowest BCUT2D eigenvalue weighted by Crippen LogP contribution is -2.21. The van der Waals surface area contributed by atoms with Crippen LogP contribution in [0.15, 0.2) is 77.9 Å². The molecule has 1 amide bonds. The first-order chi connectivity index (χ1) is 15.2. The van der Waals surface area contributed by atoms with E-state index in [1.54, 1.807) is 18.0 Å². The third kappa shape index (κ3) is 4.67. The molecule has 0 bridgehead atoms. The van der Waals surface area contributed by atoms with Crippen molar-refractivity contribution in [2.75, 3.05) is 23.7 Å². The van der Waals surface area contributed by atoms with Crippen LogP contribution < -0.4 is 10.3 Å². The number of hydrazone groups is 1. The number of carbonyl (C=O) groups is 1. The number of nitrogens with zero attached hydrogens (tertiary/aromatic N) is 2. The van der Waals surface area contributed by atoms with Gasteiger partial charge in [-0.15, -0.1) is 11.8 Å². The van der Waals surface area contributed by atoms with E-state index in [9.17, 15) is 4.79 Å². The van der Waals surface area contributed by atoms with Crippen LogP contribution in [0.5, 0.6) is 0 Å². The van der Waals surface area contributed by atoms with Gasteiger partial charge in [-0.3, -0.25) is 4.79 Å². The van der Waals surface area contributed by atoms with Gasteiger partial charge in [-0.05, 0) is 53.8 Å². The summed E-state index contributed by atoms with van der Waals surface area (Å²) >= 11 is 1.64. The second-order valence-corrected chi connectivity index (χ2v) is 8.52. The predicted octanol–water partition coefficient (Wildman–Crippen LogP) is 5.49. The average Bonchev–Trinajstić information content (AvgIpc) is 3.13. The van der Waals surface area contributed by atoms with E-state index in [4.69, 9.17) is 0 Å². The molecule has 3 aromatic carbocycles. The first kappa shape index (κ1) is 21.2. The Bertz CT molecular complexity index is 1030. The maximum absolute atomic E-state index is 12.4. The van der Waals surface area contributed by atoms with Gasteiger partial charge >= 0.3 is 0 Å². The van der Waals surface area contributed by atoms with Gasteiger partial charge in [0, 0.05) is 18.8 Å². The summed E-state index contributed by atoms with van der Waals surface area (Å²) < 4.78 is 0. The van der Waals surface area contributed by atoms with Crippen molar-refractivity contribution in [3.63, 3.8) is 0 Å². The summed E-state index contributed by atoms with van der Waals surface area (Å²) in [4.78, 5) is 14.7. The highest BCUT2D eigenvalue weighted by atomic mass is 32.2. The Balaban J connectivity index is 1.34. The van der Waals surface area contributed by atoms with E-state index >= 15 is 0 Å². The van der Waals surface area contributed by atoms with E-state index < -0.39 is 0 Å². The van der Waals surface area contributed by atoms with Gasteiger partial charge in [0.05, 0.1) is 17.2 Å². The summed E-state index contributed by atoms with van der Waals surface area (Å²) in [5, 5.41) is 4.31. The molecule has 0 aliphatic heterocycles. The monoisotopic (exact) mass is 429 g/mol. The van der Waals surface area contributed by atoms with Crippen LogP contribution in [0.4, 0.5) is 5.69 Å². The molecule has 0 saturated carbocycles. The lowest BCUT2D eigenvalue weighted by molar-refractivity contribution is -0.118. The van der Waals surface area contributed by atoms with Crippen molar-refractivity contribution in [2.24, 2.45) is 5.10 Å². The third-order valence-corrected chi connectivity index (χ3v) is 6.85. The van der Waals surface area contributed by atoms with Gasteiger partial charge in [-0.1, -0.05) is 60.7 Å². The molecule has 158 valence electrons. The number of benzene rings is 3. The molecule has 1 aliphatic rings. The average molecular weight is 430 g/mol. The van der Waals surface area contributed by atoms with Crippen molar-refractivity contribution in [3.8, 4) is 11.1 Å². The van der Waals surface area contributed by atoms with Crippen LogP contribution in [0.25, 0.3) is 11.1 Å². The van der Waals surface area contributed by atoms with Crippen molar-refractivity contribution in [1.82, 2.24) is 5.43 Å². The van der Waals surface area contributed by atoms with Gasteiger partial charge in [-0.25, -0.2) is 5.43 Å². The Morgan fingerprint density at radius 3 is 2.10 bits per heavy atom. The molecule has 0 fully saturated rings. The van der Waals surface area contributed by atoms with Crippen LogP contribution in [0.1, 0.15) is 35.8 Å². The second-order valence-electron chi connectivity index (χ2n) is 7.42. The minimum absolute atomic E-state index is 0.0946. The van der Waals surface area contributed by atoms with Crippen LogP contribution in [0.3, 0.4) is 0 Å². The van der Waals surface area contributed by atoms with Crippen LogP contribution in [-0.4, -0.2) is 31.0 Å². The zero-order valence-corrected chi connectivity index (χ0v) is 18.7. The van der Waals surface area contributed by atoms with E-state index in [0.29, 0.717) is 5.75 Å². The lowest BCUT2D eigenvalue weighted by atomic mass is 10.1. The van der Waals surface area contributed by atoms with Crippen molar-refractivity contribution >= 4 is 29.6 Å². The van der Waals surface area contributed by atoms with Crippen LogP contribution in [0.2, 0.25) is 0 Å². The highest BCUT2D eigenvalue weighted by Gasteiger charge is 2.28.